The first-order valence-electron chi connectivity index (χ1n) is 10.5. The topological polar surface area (TPSA) is 68.3 Å². The van der Waals surface area contributed by atoms with Crippen LogP contribution in [0.5, 0.6) is 0 Å². The van der Waals surface area contributed by atoms with Gasteiger partial charge in [-0.1, -0.05) is 56.3 Å². The van der Waals surface area contributed by atoms with Crippen molar-refractivity contribution in [3.63, 3.8) is 0 Å². The Morgan fingerprint density at radius 1 is 0.906 bits per heavy atom. The van der Waals surface area contributed by atoms with Crippen LogP contribution in [0.3, 0.4) is 0 Å². The Morgan fingerprint density at radius 2 is 1.59 bits per heavy atom. The lowest BCUT2D eigenvalue weighted by Gasteiger charge is -2.15. The number of nitrogens with one attached hydrogen (secondary N) is 1. The van der Waals surface area contributed by atoms with Gasteiger partial charge >= 0.3 is 5.97 Å². The molecule has 1 aromatic heterocycles. The largest absolute Gasteiger partial charge is 0.449 e. The van der Waals surface area contributed by atoms with Gasteiger partial charge in [0.1, 0.15) is 5.01 Å². The minimum Gasteiger partial charge on any atom is -0.449 e. The third kappa shape index (κ3) is 4.70. The number of ether oxygens (including phenoxy) is 1. The number of thiazole rings is 1. The maximum Gasteiger partial charge on any atom is 0.339 e. The van der Waals surface area contributed by atoms with Crippen LogP contribution in [0.2, 0.25) is 0 Å². The maximum absolute atomic E-state index is 12.9. The monoisotopic (exact) mass is 444 g/mol. The van der Waals surface area contributed by atoms with Gasteiger partial charge in [-0.3, -0.25) is 4.79 Å². The normalized spacial score (nSPS) is 12.0. The first-order chi connectivity index (χ1) is 15.4. The number of hydrogen-bond acceptors (Lipinski definition) is 5. The van der Waals surface area contributed by atoms with E-state index in [1.807, 2.05) is 60.7 Å². The second-order valence-corrected chi connectivity index (χ2v) is 8.88. The van der Waals surface area contributed by atoms with Crippen molar-refractivity contribution in [2.45, 2.75) is 32.8 Å². The third-order valence-corrected chi connectivity index (χ3v) is 6.24. The lowest BCUT2D eigenvalue weighted by Crippen LogP contribution is -2.30. The molecule has 4 rings (SSSR count). The van der Waals surface area contributed by atoms with E-state index in [1.165, 1.54) is 16.9 Å². The van der Waals surface area contributed by atoms with Gasteiger partial charge in [0.25, 0.3) is 5.91 Å². The standard InChI is InChI=1S/C26H24N2O3S/c1-16(2)18-12-14-19(15-13-18)27-24(29)17(3)31-26(30)21-9-5-4-8-20(21)25-28-22-10-6-7-11-23(22)32-25/h4-17H,1-3H3,(H,27,29). The minimum absolute atomic E-state index is 0.381. The van der Waals surface area contributed by atoms with Gasteiger partial charge in [-0.2, -0.15) is 0 Å². The van der Waals surface area contributed by atoms with Gasteiger partial charge in [0.15, 0.2) is 6.10 Å². The fraction of sp³-hybridized carbons (Fsp3) is 0.192. The maximum atomic E-state index is 12.9. The summed E-state index contributed by atoms with van der Waals surface area (Å²) in [5.74, 6) is -0.527. The summed E-state index contributed by atoms with van der Waals surface area (Å²) in [4.78, 5) is 30.1. The van der Waals surface area contributed by atoms with E-state index in [9.17, 15) is 9.59 Å². The van der Waals surface area contributed by atoms with Crippen molar-refractivity contribution in [2.75, 3.05) is 5.32 Å². The SMILES string of the molecule is CC(OC(=O)c1ccccc1-c1nc2ccccc2s1)C(=O)Nc1ccc(C(C)C)cc1. The van der Waals surface area contributed by atoms with Gasteiger partial charge in [0, 0.05) is 11.3 Å². The van der Waals surface area contributed by atoms with Crippen molar-refractivity contribution in [1.82, 2.24) is 4.98 Å². The molecule has 0 radical (unpaired) electrons. The Labute approximate surface area is 191 Å². The third-order valence-electron chi connectivity index (χ3n) is 5.17. The van der Waals surface area contributed by atoms with Gasteiger partial charge < -0.3 is 10.1 Å². The number of esters is 1. The molecule has 5 nitrogen and oxygen atoms in total. The summed E-state index contributed by atoms with van der Waals surface area (Å²) >= 11 is 1.51. The predicted molar refractivity (Wildman–Crippen MR) is 129 cm³/mol. The zero-order valence-corrected chi connectivity index (χ0v) is 19.0. The molecule has 1 unspecified atom stereocenters. The smallest absolute Gasteiger partial charge is 0.339 e. The van der Waals surface area contributed by atoms with Crippen LogP contribution in [0.25, 0.3) is 20.8 Å². The molecule has 0 aliphatic heterocycles. The Bertz CT molecular complexity index is 1230. The number of fused-ring (bicyclic) bond motifs is 1. The van der Waals surface area contributed by atoms with E-state index in [1.54, 1.807) is 19.1 Å². The average molecular weight is 445 g/mol. The molecule has 1 N–H and O–H groups in total. The summed E-state index contributed by atoms with van der Waals surface area (Å²) < 4.78 is 6.54. The van der Waals surface area contributed by atoms with Crippen molar-refractivity contribution in [2.24, 2.45) is 0 Å². The van der Waals surface area contributed by atoms with Crippen LogP contribution >= 0.6 is 11.3 Å². The summed E-state index contributed by atoms with van der Waals surface area (Å²) in [6, 6.07) is 22.7. The molecule has 0 fully saturated rings. The second kappa shape index (κ2) is 9.32. The number of para-hydroxylation sites is 1. The van der Waals surface area contributed by atoms with Crippen molar-refractivity contribution < 1.29 is 14.3 Å². The van der Waals surface area contributed by atoms with E-state index in [4.69, 9.17) is 4.74 Å². The molecule has 1 heterocycles. The lowest BCUT2D eigenvalue weighted by molar-refractivity contribution is -0.123. The first kappa shape index (κ1) is 21.7. The van der Waals surface area contributed by atoms with Crippen LogP contribution in [0.15, 0.2) is 72.8 Å². The quantitative estimate of drug-likeness (QED) is 0.356. The molecule has 6 heteroatoms. The number of amides is 1. The number of nitrogens with zero attached hydrogens (tertiary/aromatic N) is 1. The highest BCUT2D eigenvalue weighted by atomic mass is 32.1. The lowest BCUT2D eigenvalue weighted by atomic mass is 10.0. The molecule has 4 aromatic rings. The highest BCUT2D eigenvalue weighted by molar-refractivity contribution is 7.21. The molecule has 0 saturated carbocycles. The molecule has 0 spiro atoms. The number of carbonyl (C=O) groups excluding carboxylic acids is 2. The molecule has 3 aromatic carbocycles. The fourth-order valence-electron chi connectivity index (χ4n) is 3.31. The van der Waals surface area contributed by atoms with E-state index in [2.05, 4.69) is 24.1 Å². The molecule has 1 amide bonds. The van der Waals surface area contributed by atoms with Gasteiger partial charge in [-0.05, 0) is 48.7 Å². The Hall–Kier alpha value is -3.51. The number of carbonyl (C=O) groups is 2. The van der Waals surface area contributed by atoms with E-state index >= 15 is 0 Å². The van der Waals surface area contributed by atoms with Gasteiger partial charge in [-0.15, -0.1) is 11.3 Å². The predicted octanol–water partition coefficient (Wildman–Crippen LogP) is 6.27. The zero-order chi connectivity index (χ0) is 22.7. The zero-order valence-electron chi connectivity index (χ0n) is 18.2. The van der Waals surface area contributed by atoms with E-state index < -0.39 is 12.1 Å². The van der Waals surface area contributed by atoms with Crippen LogP contribution in [0.4, 0.5) is 5.69 Å². The van der Waals surface area contributed by atoms with Crippen LogP contribution < -0.4 is 5.32 Å². The number of benzene rings is 3. The summed E-state index contributed by atoms with van der Waals surface area (Å²) in [5.41, 5.74) is 3.81. The number of aromatic nitrogens is 1. The van der Waals surface area contributed by atoms with Gasteiger partial charge in [-0.25, -0.2) is 9.78 Å². The summed E-state index contributed by atoms with van der Waals surface area (Å²) in [5, 5.41) is 3.54. The number of anilines is 1. The highest BCUT2D eigenvalue weighted by Gasteiger charge is 2.22. The molecule has 0 saturated heterocycles. The number of hydrogen-bond donors (Lipinski definition) is 1. The van der Waals surface area contributed by atoms with Crippen LogP contribution in [0, 0.1) is 0 Å². The van der Waals surface area contributed by atoms with Crippen molar-refractivity contribution in [3.8, 4) is 10.6 Å². The van der Waals surface area contributed by atoms with Crippen molar-refractivity contribution >= 4 is 39.1 Å². The molecule has 0 bridgehead atoms. The fourth-order valence-corrected chi connectivity index (χ4v) is 4.31. The summed E-state index contributed by atoms with van der Waals surface area (Å²) in [6.07, 6.45) is -0.948. The van der Waals surface area contributed by atoms with E-state index in [0.717, 1.165) is 15.2 Å². The molecule has 1 atom stereocenters. The molecular weight excluding hydrogens is 420 g/mol. The van der Waals surface area contributed by atoms with E-state index in [0.29, 0.717) is 22.7 Å². The van der Waals surface area contributed by atoms with Crippen molar-refractivity contribution in [3.05, 3.63) is 83.9 Å². The Balaban J connectivity index is 1.48. The summed E-state index contributed by atoms with van der Waals surface area (Å²) in [7, 11) is 0. The van der Waals surface area contributed by atoms with Crippen LogP contribution in [-0.2, 0) is 9.53 Å². The second-order valence-electron chi connectivity index (χ2n) is 7.85. The highest BCUT2D eigenvalue weighted by Crippen LogP contribution is 2.32. The first-order valence-corrected chi connectivity index (χ1v) is 11.3. The van der Waals surface area contributed by atoms with Crippen LogP contribution in [-0.4, -0.2) is 23.0 Å². The van der Waals surface area contributed by atoms with Gasteiger partial charge in [0.05, 0.1) is 15.8 Å². The van der Waals surface area contributed by atoms with Crippen LogP contribution in [0.1, 0.15) is 42.6 Å². The average Bonchev–Trinajstić information content (AvgIpc) is 3.23. The van der Waals surface area contributed by atoms with Crippen molar-refractivity contribution in [1.29, 1.82) is 0 Å². The molecule has 0 aliphatic carbocycles. The number of rotatable bonds is 6. The Morgan fingerprint density at radius 3 is 2.31 bits per heavy atom. The van der Waals surface area contributed by atoms with Gasteiger partial charge in [0.2, 0.25) is 0 Å². The summed E-state index contributed by atoms with van der Waals surface area (Å²) in [6.45, 7) is 5.79. The minimum atomic E-state index is -0.948. The Kier molecular flexibility index (Phi) is 6.32. The molecule has 32 heavy (non-hydrogen) atoms. The molecule has 162 valence electrons. The molecular formula is C26H24N2O3S. The molecule has 0 aliphatic rings. The van der Waals surface area contributed by atoms with E-state index in [-0.39, 0.29) is 5.91 Å².